The second-order valence-corrected chi connectivity index (χ2v) is 13.1. The molecule has 3 aliphatic carbocycles. The van der Waals surface area contributed by atoms with Gasteiger partial charge in [-0.05, 0) is 67.6 Å². The molecule has 3 aliphatic rings. The van der Waals surface area contributed by atoms with Crippen molar-refractivity contribution < 1.29 is 34.1 Å². The molecule has 6 rings (SSSR count). The van der Waals surface area contributed by atoms with Crippen LogP contribution in [0.5, 0.6) is 0 Å². The number of likely N-dealkylation sites (N-methyl/N-ethyl adjacent to an activating group) is 1. The van der Waals surface area contributed by atoms with Crippen LogP contribution in [0.15, 0.2) is 51.8 Å². The number of hydrogen-bond donors (Lipinski definition) is 4. The summed E-state index contributed by atoms with van der Waals surface area (Å²) < 4.78 is 6.94. The van der Waals surface area contributed by atoms with Crippen LogP contribution < -0.4 is 26.8 Å². The summed E-state index contributed by atoms with van der Waals surface area (Å²) in [5, 5.41) is 11.2. The van der Waals surface area contributed by atoms with E-state index in [2.05, 4.69) is 42.0 Å². The van der Waals surface area contributed by atoms with E-state index in [1.165, 1.54) is 36.4 Å². The molecule has 0 aliphatic heterocycles. The first kappa shape index (κ1) is 32.6. The second kappa shape index (κ2) is 12.9. The number of carbonyl (C=O) groups is 5. The molecule has 5 atom stereocenters. The summed E-state index contributed by atoms with van der Waals surface area (Å²) in [6, 6.07) is 8.76. The van der Waals surface area contributed by atoms with E-state index in [0.29, 0.717) is 28.9 Å². The molecule has 46 heavy (non-hydrogen) atoms. The minimum absolute atomic E-state index is 0. The highest BCUT2D eigenvalue weighted by Crippen LogP contribution is 2.61. The quantitative estimate of drug-likeness (QED) is 0.231. The molecule has 0 radical (unpaired) electrons. The van der Waals surface area contributed by atoms with Crippen molar-refractivity contribution in [3.8, 4) is 0 Å². The van der Waals surface area contributed by atoms with Crippen LogP contribution in [0.4, 0.5) is 5.69 Å². The van der Waals surface area contributed by atoms with Crippen molar-refractivity contribution in [1.82, 2.24) is 20.5 Å². The predicted octanol–water partition coefficient (Wildman–Crippen LogP) is 3.91. The monoisotopic (exact) mass is 639 g/mol. The van der Waals surface area contributed by atoms with E-state index in [0.717, 1.165) is 11.8 Å². The molecule has 0 spiro atoms. The Bertz CT molecular complexity index is 1780. The number of aryl methyl sites for hydroxylation is 1. The number of amides is 4. The van der Waals surface area contributed by atoms with Crippen LogP contribution in [0.2, 0.25) is 0 Å². The Morgan fingerprint density at radius 3 is 2.50 bits per heavy atom. The Hall–Kier alpha value is -4.74. The molecular formula is C34H49N5O7. The minimum Gasteiger partial charge on any atom is -0.451 e. The fourth-order valence-corrected chi connectivity index (χ4v) is 7.14. The fourth-order valence-electron chi connectivity index (χ4n) is 7.14. The number of furan rings is 1. The number of rotatable bonds is 11. The first-order valence-electron chi connectivity index (χ1n) is 15.6. The Kier molecular flexibility index (Phi) is 9.18. The van der Waals surface area contributed by atoms with Crippen LogP contribution in [-0.4, -0.2) is 53.1 Å². The van der Waals surface area contributed by atoms with Gasteiger partial charge in [-0.25, -0.2) is 0 Å². The van der Waals surface area contributed by atoms with E-state index in [1.54, 1.807) is 25.1 Å². The standard InChI is InChI=1S/C34H41N5O7.4H2/c1-18-21-9-6-7-11-27(21)46-29(18)32(44)37-23(12-13-26(40)31(43)35-5)30(42)38-24-10-8-14-39(33(24)45)17-28(41)36-25-16-20-15-22(19(25)2)34(20,3)4;;;;/h6-11,14,19-20,22-23,25H,12-13,15-17H2,1-5H3,(H,35,43)(H,36,41)(H,37,44)(H,38,42);4*1H/t19-,20+,22-,23+,25-;;;;/m1..../s1. The van der Waals surface area contributed by atoms with Crippen LogP contribution in [0.3, 0.4) is 0 Å². The van der Waals surface area contributed by atoms with Crippen LogP contribution in [0.25, 0.3) is 11.0 Å². The van der Waals surface area contributed by atoms with Gasteiger partial charge in [-0.15, -0.1) is 0 Å². The van der Waals surface area contributed by atoms with E-state index in [9.17, 15) is 28.8 Å². The summed E-state index contributed by atoms with van der Waals surface area (Å²) in [5.41, 5.74) is 0.634. The Morgan fingerprint density at radius 2 is 1.83 bits per heavy atom. The lowest BCUT2D eigenvalue weighted by Crippen LogP contribution is -2.60. The van der Waals surface area contributed by atoms with Gasteiger partial charge in [-0.1, -0.05) is 39.0 Å². The lowest BCUT2D eigenvalue weighted by Gasteiger charge is -2.62. The molecule has 4 N–H and O–H groups in total. The van der Waals surface area contributed by atoms with Crippen molar-refractivity contribution in [2.75, 3.05) is 12.4 Å². The SMILES string of the molecule is CNC(=O)C(=O)CC[C@H](NC(=O)c1oc2ccccc2c1C)C(=O)Nc1cccn(CC(=O)N[C@@H]2C[C@@H]3C[C@H]([C@H]2C)C3(C)C)c1=O.[HH].[HH].[HH].[HH]. The van der Waals surface area contributed by atoms with Gasteiger partial charge in [0.25, 0.3) is 17.4 Å². The van der Waals surface area contributed by atoms with Crippen molar-refractivity contribution in [2.45, 2.75) is 72.0 Å². The third-order valence-electron chi connectivity index (χ3n) is 10.1. The normalized spacial score (nSPS) is 21.8. The number of Topliss-reactive ketones (excluding diaryl/α,β-unsaturated/α-hetero) is 1. The van der Waals surface area contributed by atoms with Crippen LogP contribution in [0, 0.1) is 30.1 Å². The highest BCUT2D eigenvalue weighted by molar-refractivity contribution is 6.36. The van der Waals surface area contributed by atoms with Crippen LogP contribution in [0.1, 0.15) is 68.3 Å². The topological polar surface area (TPSA) is 169 Å². The van der Waals surface area contributed by atoms with Crippen LogP contribution >= 0.6 is 0 Å². The first-order chi connectivity index (χ1) is 21.8. The number of hydrogen-bond acceptors (Lipinski definition) is 7. The smallest absolute Gasteiger partial charge is 0.287 e. The summed E-state index contributed by atoms with van der Waals surface area (Å²) in [6.07, 6.45) is 3.00. The number of carbonyl (C=O) groups excluding carboxylic acids is 5. The maximum Gasteiger partial charge on any atom is 0.287 e. The van der Waals surface area contributed by atoms with Gasteiger partial charge in [0.15, 0.2) is 5.76 Å². The van der Waals surface area contributed by atoms with Gasteiger partial charge in [-0.2, -0.15) is 0 Å². The molecule has 3 fully saturated rings. The number of pyridine rings is 1. The van der Waals surface area contributed by atoms with Crippen molar-refractivity contribution in [3.05, 3.63) is 64.3 Å². The van der Waals surface area contributed by atoms with Crippen molar-refractivity contribution in [2.24, 2.45) is 23.2 Å². The van der Waals surface area contributed by atoms with E-state index in [-0.39, 0.29) is 53.9 Å². The zero-order valence-electron chi connectivity index (χ0n) is 26.8. The van der Waals surface area contributed by atoms with Gasteiger partial charge in [0.2, 0.25) is 17.6 Å². The Morgan fingerprint density at radius 1 is 1.09 bits per heavy atom. The number of fused-ring (bicyclic) bond motifs is 3. The molecule has 12 heteroatoms. The Balaban J connectivity index is 0.00000312. The molecule has 2 bridgehead atoms. The summed E-state index contributed by atoms with van der Waals surface area (Å²) in [6.45, 7) is 8.23. The lowest BCUT2D eigenvalue weighted by atomic mass is 9.45. The van der Waals surface area contributed by atoms with Gasteiger partial charge in [0.05, 0.1) is 0 Å². The molecule has 252 valence electrons. The molecule has 12 nitrogen and oxygen atoms in total. The lowest BCUT2D eigenvalue weighted by molar-refractivity contribution is -0.137. The fraction of sp³-hybridized carbons (Fsp3) is 0.471. The molecule has 0 unspecified atom stereocenters. The van der Waals surface area contributed by atoms with E-state index in [4.69, 9.17) is 4.42 Å². The number of aromatic nitrogens is 1. The highest BCUT2D eigenvalue weighted by Gasteiger charge is 2.56. The zero-order chi connectivity index (χ0) is 33.3. The van der Waals surface area contributed by atoms with Crippen LogP contribution in [-0.2, 0) is 25.7 Å². The van der Waals surface area contributed by atoms with Gasteiger partial charge in [-0.3, -0.25) is 28.8 Å². The molecule has 3 saturated carbocycles. The summed E-state index contributed by atoms with van der Waals surface area (Å²) in [5.74, 6) is -1.91. The zero-order valence-corrected chi connectivity index (χ0v) is 26.8. The maximum absolute atomic E-state index is 13.5. The number of ketones is 1. The number of para-hydroxylation sites is 1. The number of anilines is 1. The van der Waals surface area contributed by atoms with E-state index < -0.39 is 35.1 Å². The number of nitrogens with one attached hydrogen (secondary N) is 4. The van der Waals surface area contributed by atoms with E-state index in [1.807, 2.05) is 6.07 Å². The molecule has 4 amide bonds. The van der Waals surface area contributed by atoms with E-state index >= 15 is 0 Å². The molecule has 0 saturated heterocycles. The molecule has 3 aromatic rings. The third-order valence-corrected chi connectivity index (χ3v) is 10.1. The largest absolute Gasteiger partial charge is 0.451 e. The number of nitrogens with zero attached hydrogens (tertiary/aromatic N) is 1. The average molecular weight is 640 g/mol. The molecule has 1 aromatic carbocycles. The van der Waals surface area contributed by atoms with Crippen molar-refractivity contribution in [1.29, 1.82) is 0 Å². The van der Waals surface area contributed by atoms with Gasteiger partial charge in [0, 0.05) is 42.4 Å². The van der Waals surface area contributed by atoms with Gasteiger partial charge < -0.3 is 30.3 Å². The van der Waals surface area contributed by atoms with Gasteiger partial charge in [0.1, 0.15) is 23.9 Å². The second-order valence-electron chi connectivity index (χ2n) is 13.1. The maximum atomic E-state index is 13.5. The average Bonchev–Trinajstić information content (AvgIpc) is 3.37. The van der Waals surface area contributed by atoms with Crippen molar-refractivity contribution >= 4 is 46.1 Å². The summed E-state index contributed by atoms with van der Waals surface area (Å²) in [4.78, 5) is 77.1. The number of benzene rings is 1. The van der Waals surface area contributed by atoms with Gasteiger partial charge >= 0.3 is 0 Å². The first-order valence-corrected chi connectivity index (χ1v) is 15.6. The van der Waals surface area contributed by atoms with Crippen molar-refractivity contribution in [3.63, 3.8) is 0 Å². The minimum atomic E-state index is -1.30. The third kappa shape index (κ3) is 6.33. The summed E-state index contributed by atoms with van der Waals surface area (Å²) >= 11 is 0. The Labute approximate surface area is 272 Å². The predicted molar refractivity (Wildman–Crippen MR) is 179 cm³/mol. The summed E-state index contributed by atoms with van der Waals surface area (Å²) in [7, 11) is 1.32. The molecule has 2 heterocycles. The highest BCUT2D eigenvalue weighted by atomic mass is 16.3. The molecular weight excluding hydrogens is 590 g/mol. The molecule has 2 aromatic heterocycles.